The summed E-state index contributed by atoms with van der Waals surface area (Å²) in [4.78, 5) is 12.0. The van der Waals surface area contributed by atoms with Crippen molar-refractivity contribution in [1.29, 1.82) is 0 Å². The largest absolute Gasteiger partial charge is 0.508 e. The molecule has 0 heterocycles. The van der Waals surface area contributed by atoms with Crippen LogP contribution < -0.4 is 10.1 Å². The summed E-state index contributed by atoms with van der Waals surface area (Å²) in [5.74, 6) is -1.23. The average molecular weight is 289 g/mol. The van der Waals surface area contributed by atoms with Crippen LogP contribution in [0.5, 0.6) is 23.0 Å². The summed E-state index contributed by atoms with van der Waals surface area (Å²) in [6.07, 6.45) is 0. The van der Waals surface area contributed by atoms with Crippen LogP contribution in [0.15, 0.2) is 36.4 Å². The van der Waals surface area contributed by atoms with E-state index < -0.39 is 17.4 Å². The Hall–Kier alpha value is -2.89. The van der Waals surface area contributed by atoms with Gasteiger partial charge >= 0.3 is 0 Å². The number of hydrogen-bond acceptors (Lipinski definition) is 5. The molecule has 6 nitrogen and oxygen atoms in total. The molecule has 0 atom stereocenters. The average Bonchev–Trinajstić information content (AvgIpc) is 2.44. The van der Waals surface area contributed by atoms with Crippen molar-refractivity contribution < 1.29 is 24.9 Å². The standard InChI is InChI=1S/C15H15NO5/c1-21-11-4-2-9(3-5-11)8-16-15(20)14-12(18)6-10(17)7-13(14)19/h2-7,17-19H,8H2,1H3,(H,16,20). The number of methoxy groups -OCH3 is 1. The molecule has 2 aromatic carbocycles. The minimum absolute atomic E-state index is 0.225. The lowest BCUT2D eigenvalue weighted by atomic mass is 10.1. The minimum atomic E-state index is -0.638. The number of carbonyl (C=O) groups excluding carboxylic acids is 1. The van der Waals surface area contributed by atoms with E-state index in [2.05, 4.69) is 5.32 Å². The second kappa shape index (κ2) is 6.04. The zero-order chi connectivity index (χ0) is 15.4. The van der Waals surface area contributed by atoms with Gasteiger partial charge in [-0.15, -0.1) is 0 Å². The van der Waals surface area contributed by atoms with Crippen molar-refractivity contribution in [3.05, 3.63) is 47.5 Å². The monoisotopic (exact) mass is 289 g/mol. The molecule has 0 aromatic heterocycles. The maximum atomic E-state index is 12.0. The Morgan fingerprint density at radius 3 is 2.19 bits per heavy atom. The van der Waals surface area contributed by atoms with E-state index in [0.717, 1.165) is 17.7 Å². The van der Waals surface area contributed by atoms with Crippen molar-refractivity contribution in [2.45, 2.75) is 6.54 Å². The van der Waals surface area contributed by atoms with Crippen molar-refractivity contribution in [2.24, 2.45) is 0 Å². The van der Waals surface area contributed by atoms with Gasteiger partial charge in [0.05, 0.1) is 7.11 Å². The van der Waals surface area contributed by atoms with Crippen LogP contribution in [0.25, 0.3) is 0 Å². The number of phenolic OH excluding ortho intramolecular Hbond substituents is 3. The van der Waals surface area contributed by atoms with Gasteiger partial charge in [-0.3, -0.25) is 4.79 Å². The molecule has 110 valence electrons. The molecule has 6 heteroatoms. The van der Waals surface area contributed by atoms with Gasteiger partial charge in [0.1, 0.15) is 28.6 Å². The number of benzene rings is 2. The highest BCUT2D eigenvalue weighted by atomic mass is 16.5. The smallest absolute Gasteiger partial charge is 0.259 e. The molecule has 0 aliphatic carbocycles. The van der Waals surface area contributed by atoms with E-state index in [1.165, 1.54) is 0 Å². The topological polar surface area (TPSA) is 99.0 Å². The van der Waals surface area contributed by atoms with E-state index in [1.807, 2.05) is 0 Å². The van der Waals surface area contributed by atoms with Gasteiger partial charge in [-0.2, -0.15) is 0 Å². The predicted octanol–water partition coefficient (Wildman–Crippen LogP) is 1.74. The Bertz CT molecular complexity index is 629. The molecule has 0 spiro atoms. The summed E-state index contributed by atoms with van der Waals surface area (Å²) in [7, 11) is 1.56. The molecule has 0 bridgehead atoms. The summed E-state index contributed by atoms with van der Waals surface area (Å²) in [6.45, 7) is 0.225. The molecule has 2 rings (SSSR count). The second-order valence-corrected chi connectivity index (χ2v) is 4.39. The fraction of sp³-hybridized carbons (Fsp3) is 0.133. The lowest BCUT2D eigenvalue weighted by Crippen LogP contribution is -2.23. The van der Waals surface area contributed by atoms with E-state index >= 15 is 0 Å². The molecule has 0 radical (unpaired) electrons. The molecule has 2 aromatic rings. The van der Waals surface area contributed by atoms with E-state index in [4.69, 9.17) is 4.74 Å². The molecule has 0 unspecified atom stereocenters. The van der Waals surface area contributed by atoms with Gasteiger partial charge in [0, 0.05) is 18.7 Å². The van der Waals surface area contributed by atoms with Crippen LogP contribution in [0.3, 0.4) is 0 Å². The van der Waals surface area contributed by atoms with Crippen molar-refractivity contribution >= 4 is 5.91 Å². The number of aromatic hydroxyl groups is 3. The van der Waals surface area contributed by atoms with Crippen LogP contribution >= 0.6 is 0 Å². The van der Waals surface area contributed by atoms with Crippen LogP contribution in [0, 0.1) is 0 Å². The Kier molecular flexibility index (Phi) is 4.18. The van der Waals surface area contributed by atoms with E-state index in [-0.39, 0.29) is 17.9 Å². The number of ether oxygens (including phenoxy) is 1. The molecule has 0 saturated carbocycles. The first-order valence-electron chi connectivity index (χ1n) is 6.17. The number of rotatable bonds is 4. The van der Waals surface area contributed by atoms with Gasteiger partial charge in [0.25, 0.3) is 5.91 Å². The van der Waals surface area contributed by atoms with Gasteiger partial charge in [-0.25, -0.2) is 0 Å². The second-order valence-electron chi connectivity index (χ2n) is 4.39. The third kappa shape index (κ3) is 3.36. The van der Waals surface area contributed by atoms with Crippen molar-refractivity contribution in [3.8, 4) is 23.0 Å². The zero-order valence-corrected chi connectivity index (χ0v) is 11.3. The summed E-state index contributed by atoms with van der Waals surface area (Å²) < 4.78 is 5.03. The minimum Gasteiger partial charge on any atom is -0.508 e. The van der Waals surface area contributed by atoms with Crippen molar-refractivity contribution in [2.75, 3.05) is 7.11 Å². The van der Waals surface area contributed by atoms with Gasteiger partial charge in [0.2, 0.25) is 0 Å². The molecule has 0 aliphatic rings. The molecular formula is C15H15NO5. The van der Waals surface area contributed by atoms with E-state index in [1.54, 1.807) is 31.4 Å². The SMILES string of the molecule is COc1ccc(CNC(=O)c2c(O)cc(O)cc2O)cc1. The van der Waals surface area contributed by atoms with Gasteiger partial charge in [0.15, 0.2) is 0 Å². The van der Waals surface area contributed by atoms with Gasteiger partial charge < -0.3 is 25.4 Å². The Balaban J connectivity index is 2.08. The Morgan fingerprint density at radius 2 is 1.67 bits per heavy atom. The summed E-state index contributed by atoms with van der Waals surface area (Å²) >= 11 is 0. The lowest BCUT2D eigenvalue weighted by molar-refractivity contribution is 0.0945. The molecular weight excluding hydrogens is 274 g/mol. The number of nitrogens with one attached hydrogen (secondary N) is 1. The van der Waals surface area contributed by atoms with Gasteiger partial charge in [-0.05, 0) is 17.7 Å². The lowest BCUT2D eigenvalue weighted by Gasteiger charge is -2.09. The summed E-state index contributed by atoms with van der Waals surface area (Å²) in [6, 6.07) is 9.07. The van der Waals surface area contributed by atoms with Crippen LogP contribution in [0.2, 0.25) is 0 Å². The highest BCUT2D eigenvalue weighted by molar-refractivity contribution is 5.99. The van der Waals surface area contributed by atoms with Crippen LogP contribution in [0.1, 0.15) is 15.9 Å². The predicted molar refractivity (Wildman–Crippen MR) is 75.6 cm³/mol. The first-order chi connectivity index (χ1) is 10.0. The zero-order valence-electron chi connectivity index (χ0n) is 11.3. The number of carbonyl (C=O) groups is 1. The molecule has 0 saturated heterocycles. The van der Waals surface area contributed by atoms with Gasteiger partial charge in [-0.1, -0.05) is 12.1 Å². The van der Waals surface area contributed by atoms with E-state index in [9.17, 15) is 20.1 Å². The first-order valence-corrected chi connectivity index (χ1v) is 6.17. The summed E-state index contributed by atoms with van der Waals surface area (Å²) in [5.41, 5.74) is 0.559. The highest BCUT2D eigenvalue weighted by Gasteiger charge is 2.17. The molecule has 1 amide bonds. The Morgan fingerprint density at radius 1 is 1.10 bits per heavy atom. The van der Waals surface area contributed by atoms with Crippen molar-refractivity contribution in [1.82, 2.24) is 5.32 Å². The van der Waals surface area contributed by atoms with Crippen molar-refractivity contribution in [3.63, 3.8) is 0 Å². The fourth-order valence-corrected chi connectivity index (χ4v) is 1.84. The Labute approximate surface area is 121 Å². The molecule has 21 heavy (non-hydrogen) atoms. The number of amides is 1. The normalized spacial score (nSPS) is 10.1. The number of hydrogen-bond donors (Lipinski definition) is 4. The maximum absolute atomic E-state index is 12.0. The maximum Gasteiger partial charge on any atom is 0.259 e. The third-order valence-electron chi connectivity index (χ3n) is 2.92. The van der Waals surface area contributed by atoms with Crippen LogP contribution in [-0.4, -0.2) is 28.3 Å². The van der Waals surface area contributed by atoms with Crippen LogP contribution in [0.4, 0.5) is 0 Å². The molecule has 4 N–H and O–H groups in total. The highest BCUT2D eigenvalue weighted by Crippen LogP contribution is 2.31. The third-order valence-corrected chi connectivity index (χ3v) is 2.92. The number of phenols is 3. The molecule has 0 aliphatic heterocycles. The fourth-order valence-electron chi connectivity index (χ4n) is 1.84. The summed E-state index contributed by atoms with van der Waals surface area (Å²) in [5, 5.41) is 31.0. The van der Waals surface area contributed by atoms with Crippen LogP contribution in [-0.2, 0) is 6.54 Å². The quantitative estimate of drug-likeness (QED) is 0.687. The first kappa shape index (κ1) is 14.5. The molecule has 0 fully saturated rings. The van der Waals surface area contributed by atoms with E-state index in [0.29, 0.717) is 5.75 Å².